The van der Waals surface area contributed by atoms with Crippen molar-refractivity contribution in [3.05, 3.63) is 35.0 Å². The number of benzene rings is 1. The Morgan fingerprint density at radius 2 is 1.80 bits per heavy atom. The van der Waals surface area contributed by atoms with Gasteiger partial charge in [0.1, 0.15) is 28.6 Å². The first-order valence-corrected chi connectivity index (χ1v) is 18.1. The fraction of sp³-hybridized carbons (Fsp3) is 0.645. The maximum absolute atomic E-state index is 12.9. The van der Waals surface area contributed by atoms with Crippen LogP contribution in [0.15, 0.2) is 24.3 Å². The molecule has 0 aliphatic carbocycles. The Morgan fingerprint density at radius 3 is 2.41 bits per heavy atom. The summed E-state index contributed by atoms with van der Waals surface area (Å²) < 4.78 is 29.6. The van der Waals surface area contributed by atoms with E-state index in [0.29, 0.717) is 29.9 Å². The van der Waals surface area contributed by atoms with Crippen molar-refractivity contribution < 1.29 is 27.9 Å². The Bertz CT molecular complexity index is 1220. The number of rotatable bonds is 14. The highest BCUT2D eigenvalue weighted by atomic mass is 35.5. The molecular weight excluding hydrogens is 616 g/mol. The highest BCUT2D eigenvalue weighted by Gasteiger charge is 2.40. The van der Waals surface area contributed by atoms with Crippen molar-refractivity contribution in [2.45, 2.75) is 85.4 Å². The van der Waals surface area contributed by atoms with Crippen molar-refractivity contribution in [2.24, 2.45) is 11.3 Å². The fourth-order valence-corrected chi connectivity index (χ4v) is 6.10. The average molecular weight is 663 g/mol. The van der Waals surface area contributed by atoms with Gasteiger partial charge in [0.15, 0.2) is 5.82 Å². The van der Waals surface area contributed by atoms with Gasteiger partial charge in [-0.05, 0) is 65.8 Å². The van der Waals surface area contributed by atoms with Crippen LogP contribution in [0.25, 0.3) is 11.4 Å². The predicted octanol–water partition coefficient (Wildman–Crippen LogP) is 6.28. The number of nitrogens with one attached hydrogen (secondary N) is 1. The molecule has 1 atom stereocenters. The minimum Gasteiger partial charge on any atom is -0.493 e. The molecule has 1 aromatic heterocycles. The third-order valence-corrected chi connectivity index (χ3v) is 8.77. The smallest absolute Gasteiger partial charge is 0.410 e. The molecule has 44 heavy (non-hydrogen) atoms. The molecule has 13 heteroatoms. The third-order valence-electron chi connectivity index (χ3n) is 7.50. The fourth-order valence-electron chi connectivity index (χ4n) is 4.70. The second-order valence-corrected chi connectivity index (χ2v) is 14.2. The number of amides is 1. The van der Waals surface area contributed by atoms with E-state index in [2.05, 4.69) is 24.1 Å². The number of aromatic nitrogens is 2. The zero-order chi connectivity index (χ0) is 32.5. The van der Waals surface area contributed by atoms with E-state index < -0.39 is 23.4 Å². The zero-order valence-corrected chi connectivity index (χ0v) is 30.2. The number of hydrogen-bond donors (Lipinski definition) is 1. The van der Waals surface area contributed by atoms with Crippen LogP contribution in [-0.2, 0) is 18.3 Å². The topological polar surface area (TPSA) is 104 Å². The van der Waals surface area contributed by atoms with Crippen molar-refractivity contribution in [1.82, 2.24) is 14.9 Å². The van der Waals surface area contributed by atoms with E-state index in [1.54, 1.807) is 11.9 Å². The Balaban J connectivity index is 1.84. The number of carbonyl (C=O) groups excluding carboxylic acids is 1. The third kappa shape index (κ3) is 10.4. The van der Waals surface area contributed by atoms with Crippen LogP contribution in [0.2, 0.25) is 18.2 Å². The summed E-state index contributed by atoms with van der Waals surface area (Å²) in [5.41, 5.74) is 0.492. The summed E-state index contributed by atoms with van der Waals surface area (Å²) in [4.78, 5) is 23.9. The lowest BCUT2D eigenvalue weighted by Gasteiger charge is -2.41. The number of nitrogens with zero attached hydrogens (tertiary/aromatic N) is 3. The van der Waals surface area contributed by atoms with Gasteiger partial charge in [0.2, 0.25) is 19.5 Å². The molecule has 1 saturated heterocycles. The lowest BCUT2D eigenvalue weighted by molar-refractivity contribution is -0.115. The van der Waals surface area contributed by atoms with Crippen molar-refractivity contribution >= 4 is 43.0 Å². The largest absolute Gasteiger partial charge is 0.493 e. The van der Waals surface area contributed by atoms with E-state index in [9.17, 15) is 4.79 Å². The molecule has 4 radical (unpaired) electrons. The van der Waals surface area contributed by atoms with E-state index in [4.69, 9.17) is 39.6 Å². The second-order valence-electron chi connectivity index (χ2n) is 12.5. The van der Waals surface area contributed by atoms with Crippen LogP contribution >= 0.6 is 11.6 Å². The molecule has 3 rings (SSSR count). The molecular formula is C31H47ClN4O6Si2. The monoisotopic (exact) mass is 662 g/mol. The summed E-state index contributed by atoms with van der Waals surface area (Å²) in [5, 5.41) is 3.94. The Hall–Kier alpha value is -2.23. The summed E-state index contributed by atoms with van der Waals surface area (Å²) in [6, 6.07) is 7.92. The first kappa shape index (κ1) is 36.2. The van der Waals surface area contributed by atoms with E-state index in [-0.39, 0.29) is 31.5 Å². The minimum absolute atomic E-state index is 0.165. The lowest BCUT2D eigenvalue weighted by atomic mass is 9.78. The van der Waals surface area contributed by atoms with Gasteiger partial charge in [-0.2, -0.15) is 0 Å². The average Bonchev–Trinajstić information content (AvgIpc) is 2.97. The maximum atomic E-state index is 12.9. The molecule has 2 aromatic rings. The summed E-state index contributed by atoms with van der Waals surface area (Å²) >= 11 is 6.56. The molecule has 1 N–H and O–H groups in total. The maximum Gasteiger partial charge on any atom is 0.410 e. The van der Waals surface area contributed by atoms with E-state index in [1.165, 1.54) is 0 Å². The Morgan fingerprint density at radius 1 is 1.14 bits per heavy atom. The minimum atomic E-state index is -0.601. The van der Waals surface area contributed by atoms with Gasteiger partial charge in [-0.15, -0.1) is 0 Å². The number of hydrogen-bond acceptors (Lipinski definition) is 9. The summed E-state index contributed by atoms with van der Waals surface area (Å²) in [6.45, 7) is 17.7. The molecule has 1 aromatic carbocycles. The first-order chi connectivity index (χ1) is 20.7. The summed E-state index contributed by atoms with van der Waals surface area (Å²) in [5.74, 6) is 1.72. The first-order valence-electron chi connectivity index (χ1n) is 15.0. The van der Waals surface area contributed by atoms with Crippen LogP contribution in [0.4, 0.5) is 10.6 Å². The number of ether oxygens (including phenoxy) is 3. The van der Waals surface area contributed by atoms with Crippen LogP contribution in [0.1, 0.15) is 53.0 Å². The summed E-state index contributed by atoms with van der Waals surface area (Å²) in [6.07, 6.45) is 0.960. The molecule has 0 spiro atoms. The number of halogens is 1. The van der Waals surface area contributed by atoms with E-state index in [0.717, 1.165) is 43.0 Å². The van der Waals surface area contributed by atoms with Gasteiger partial charge in [0, 0.05) is 55.3 Å². The van der Waals surface area contributed by atoms with Crippen LogP contribution in [-0.4, -0.2) is 91.8 Å². The van der Waals surface area contributed by atoms with Crippen molar-refractivity contribution in [3.63, 3.8) is 0 Å². The van der Waals surface area contributed by atoms with Gasteiger partial charge < -0.3 is 33.3 Å². The second kappa shape index (κ2) is 16.4. The molecule has 1 aliphatic rings. The van der Waals surface area contributed by atoms with Gasteiger partial charge in [0.05, 0.1) is 6.61 Å². The van der Waals surface area contributed by atoms with Crippen LogP contribution in [0.3, 0.4) is 0 Å². The molecule has 2 heterocycles. The van der Waals surface area contributed by atoms with E-state index >= 15 is 0 Å². The number of anilines is 1. The standard InChI is InChI=1S/C31H47ClN4O6Si2/c1-20-25(32)34-27(35-26(20)33-23-13-15-38-16-14-23)21-11-10-12-24(17-21)39-19-22(18-36(7)29(37)40-30(2,3)4)31(5,6)28(41-43-8)42-44-9/h10-12,17,22-23,28H,13-16,18-19H2,1-9H3,(H,33,34,35). The highest BCUT2D eigenvalue weighted by molar-refractivity contribution is 6.30. The molecule has 10 nitrogen and oxygen atoms in total. The Kier molecular flexibility index (Phi) is 13.5. The Labute approximate surface area is 272 Å². The quantitative estimate of drug-likeness (QED) is 0.142. The molecule has 1 aliphatic heterocycles. The molecule has 0 saturated carbocycles. The zero-order valence-electron chi connectivity index (χ0n) is 27.5. The summed E-state index contributed by atoms with van der Waals surface area (Å²) in [7, 11) is 2.24. The normalized spacial score (nSPS) is 15.2. The van der Waals surface area contributed by atoms with Crippen molar-refractivity contribution in [3.8, 4) is 17.1 Å². The lowest BCUT2D eigenvalue weighted by Crippen LogP contribution is -2.49. The van der Waals surface area contributed by atoms with Gasteiger partial charge in [0.25, 0.3) is 0 Å². The van der Waals surface area contributed by atoms with Gasteiger partial charge in [-0.3, -0.25) is 0 Å². The van der Waals surface area contributed by atoms with Gasteiger partial charge in [-0.25, -0.2) is 14.8 Å². The molecule has 1 unspecified atom stereocenters. The van der Waals surface area contributed by atoms with Crippen LogP contribution in [0.5, 0.6) is 5.75 Å². The SMILES string of the molecule is C[Si]OC(O[Si]C)C(C)(C)C(COc1cccc(-c2nc(Cl)c(C)c(NC3CCOCC3)n2)c1)CN(C)C(=O)OC(C)(C)C. The van der Waals surface area contributed by atoms with Crippen molar-refractivity contribution in [1.29, 1.82) is 0 Å². The predicted molar refractivity (Wildman–Crippen MR) is 176 cm³/mol. The highest BCUT2D eigenvalue weighted by Crippen LogP contribution is 2.35. The van der Waals surface area contributed by atoms with E-state index in [1.807, 2.05) is 65.1 Å². The molecule has 0 bridgehead atoms. The molecule has 242 valence electrons. The molecule has 1 fully saturated rings. The van der Waals surface area contributed by atoms with Crippen LogP contribution < -0.4 is 10.1 Å². The van der Waals surface area contributed by atoms with Gasteiger partial charge >= 0.3 is 6.09 Å². The molecule has 1 amide bonds. The van der Waals surface area contributed by atoms with Crippen LogP contribution in [0, 0.1) is 18.3 Å². The van der Waals surface area contributed by atoms with Gasteiger partial charge in [-0.1, -0.05) is 37.6 Å². The number of carbonyl (C=O) groups is 1. The van der Waals surface area contributed by atoms with Crippen molar-refractivity contribution in [2.75, 3.05) is 38.7 Å².